The second kappa shape index (κ2) is 8.61. The van der Waals surface area contributed by atoms with Crippen LogP contribution in [0.2, 0.25) is 0 Å². The maximum atomic E-state index is 11.4. The molecule has 6 nitrogen and oxygen atoms in total. The van der Waals surface area contributed by atoms with Crippen molar-refractivity contribution in [1.82, 2.24) is 10.3 Å². The number of nitrogens with two attached hydrogens (primary N) is 1. The minimum atomic E-state index is -0.281. The molecule has 0 aliphatic carbocycles. The van der Waals surface area contributed by atoms with Gasteiger partial charge < -0.3 is 4.74 Å². The lowest BCUT2D eigenvalue weighted by atomic mass is 10.3. The summed E-state index contributed by atoms with van der Waals surface area (Å²) in [7, 11) is 1.65. The van der Waals surface area contributed by atoms with Crippen LogP contribution in [0.4, 0.5) is 0 Å². The molecule has 1 aromatic heterocycles. The van der Waals surface area contributed by atoms with Gasteiger partial charge in [0, 0.05) is 38.0 Å². The lowest BCUT2D eigenvalue weighted by Crippen LogP contribution is -2.29. The highest BCUT2D eigenvalue weighted by Crippen LogP contribution is 2.18. The van der Waals surface area contributed by atoms with Crippen molar-refractivity contribution in [3.8, 4) is 6.07 Å². The molecule has 1 aromatic rings. The largest absolute Gasteiger partial charge is 0.383 e. The summed E-state index contributed by atoms with van der Waals surface area (Å²) in [5.74, 6) is 4.81. The highest BCUT2D eigenvalue weighted by atomic mass is 32.1. The number of nitrogen functional groups attached to an aromatic ring is 1. The minimum Gasteiger partial charge on any atom is -0.383 e. The third-order valence-electron chi connectivity index (χ3n) is 2.55. The van der Waals surface area contributed by atoms with Gasteiger partial charge in [-0.3, -0.25) is 15.1 Å². The summed E-state index contributed by atoms with van der Waals surface area (Å²) in [6.07, 6.45) is 0.477. The number of hydrazine groups is 1. The van der Waals surface area contributed by atoms with Crippen molar-refractivity contribution in [1.29, 1.82) is 5.26 Å². The standard InChI is InChI=1S/C12H18N4O2S/c1-18-8-7-16(6-2-5-13)9-10-3-4-11(19-10)12(17)15-14/h3-4H,2,6-9,14H2,1H3,(H,15,17). The van der Waals surface area contributed by atoms with Crippen LogP contribution in [0.25, 0.3) is 0 Å². The Bertz CT molecular complexity index is 441. The number of amides is 1. The Morgan fingerprint density at radius 3 is 3.00 bits per heavy atom. The van der Waals surface area contributed by atoms with Gasteiger partial charge in [0.1, 0.15) is 0 Å². The predicted octanol–water partition coefficient (Wildman–Crippen LogP) is 0.714. The van der Waals surface area contributed by atoms with E-state index >= 15 is 0 Å². The first-order chi connectivity index (χ1) is 9.21. The molecule has 0 saturated carbocycles. The topological polar surface area (TPSA) is 91.4 Å². The number of methoxy groups -OCH3 is 1. The molecule has 0 saturated heterocycles. The summed E-state index contributed by atoms with van der Waals surface area (Å²) in [4.78, 5) is 15.1. The van der Waals surface area contributed by atoms with Gasteiger partial charge in [-0.25, -0.2) is 5.84 Å². The summed E-state index contributed by atoms with van der Waals surface area (Å²) in [5, 5.41) is 8.64. The predicted molar refractivity (Wildman–Crippen MR) is 73.4 cm³/mol. The number of carbonyl (C=O) groups excluding carboxylic acids is 1. The second-order valence-electron chi connectivity index (χ2n) is 3.92. The Morgan fingerprint density at radius 1 is 1.58 bits per heavy atom. The van der Waals surface area contributed by atoms with Crippen molar-refractivity contribution in [3.63, 3.8) is 0 Å². The molecule has 3 N–H and O–H groups in total. The van der Waals surface area contributed by atoms with Crippen molar-refractivity contribution < 1.29 is 9.53 Å². The molecule has 0 spiro atoms. The first-order valence-corrected chi connectivity index (χ1v) is 6.70. The number of hydrogen-bond acceptors (Lipinski definition) is 6. The average molecular weight is 282 g/mol. The molecule has 0 aliphatic heterocycles. The van der Waals surface area contributed by atoms with Crippen LogP contribution in [0.1, 0.15) is 21.0 Å². The molecule has 0 radical (unpaired) electrons. The molecule has 1 heterocycles. The van der Waals surface area contributed by atoms with Crippen molar-refractivity contribution in [2.75, 3.05) is 26.8 Å². The zero-order valence-corrected chi connectivity index (χ0v) is 11.7. The molecule has 1 rings (SSSR count). The molecular weight excluding hydrogens is 264 g/mol. The SMILES string of the molecule is COCCN(CCC#N)Cc1ccc(C(=O)NN)s1. The molecule has 0 bridgehead atoms. The van der Waals surface area contributed by atoms with Crippen LogP contribution in [0.15, 0.2) is 12.1 Å². The second-order valence-corrected chi connectivity index (χ2v) is 5.08. The van der Waals surface area contributed by atoms with Gasteiger partial charge in [-0.15, -0.1) is 11.3 Å². The van der Waals surface area contributed by atoms with Gasteiger partial charge in [-0.2, -0.15) is 5.26 Å². The fourth-order valence-electron chi connectivity index (χ4n) is 1.57. The number of carbonyl (C=O) groups is 1. The number of ether oxygens (including phenoxy) is 1. The molecule has 7 heteroatoms. The molecule has 1 amide bonds. The smallest absolute Gasteiger partial charge is 0.275 e. The van der Waals surface area contributed by atoms with Crippen LogP contribution in [0, 0.1) is 11.3 Å². The van der Waals surface area contributed by atoms with Crippen molar-refractivity contribution in [2.45, 2.75) is 13.0 Å². The number of thiophene rings is 1. The summed E-state index contributed by atoms with van der Waals surface area (Å²) in [6.45, 7) is 2.77. The van der Waals surface area contributed by atoms with E-state index in [0.717, 1.165) is 11.4 Å². The van der Waals surface area contributed by atoms with E-state index in [1.54, 1.807) is 13.2 Å². The summed E-state index contributed by atoms with van der Waals surface area (Å²) >= 11 is 1.40. The van der Waals surface area contributed by atoms with Gasteiger partial charge in [0.25, 0.3) is 5.91 Å². The van der Waals surface area contributed by atoms with Crippen LogP contribution in [0.3, 0.4) is 0 Å². The molecule has 0 aromatic carbocycles. The third-order valence-corrected chi connectivity index (χ3v) is 3.62. The van der Waals surface area contributed by atoms with E-state index in [2.05, 4.69) is 16.4 Å². The van der Waals surface area contributed by atoms with Gasteiger partial charge in [0.2, 0.25) is 0 Å². The van der Waals surface area contributed by atoms with Crippen molar-refractivity contribution in [2.24, 2.45) is 5.84 Å². The highest BCUT2D eigenvalue weighted by molar-refractivity contribution is 7.14. The maximum Gasteiger partial charge on any atom is 0.275 e. The van der Waals surface area contributed by atoms with Gasteiger partial charge >= 0.3 is 0 Å². The van der Waals surface area contributed by atoms with E-state index in [1.165, 1.54) is 11.3 Å². The normalized spacial score (nSPS) is 10.4. The quantitative estimate of drug-likeness (QED) is 0.416. The molecule has 0 atom stereocenters. The summed E-state index contributed by atoms with van der Waals surface area (Å²) < 4.78 is 5.05. The van der Waals surface area contributed by atoms with Crippen LogP contribution in [0.5, 0.6) is 0 Å². The Labute approximate surface area is 116 Å². The van der Waals surface area contributed by atoms with E-state index in [4.69, 9.17) is 15.8 Å². The maximum absolute atomic E-state index is 11.4. The number of rotatable bonds is 8. The van der Waals surface area contributed by atoms with Gasteiger partial charge in [0.15, 0.2) is 0 Å². The molecule has 0 unspecified atom stereocenters. The lowest BCUT2D eigenvalue weighted by molar-refractivity contribution is 0.0957. The number of hydrogen-bond donors (Lipinski definition) is 2. The summed E-state index contributed by atoms with van der Waals surface area (Å²) in [5.41, 5.74) is 2.11. The monoisotopic (exact) mass is 282 g/mol. The molecule has 104 valence electrons. The first kappa shape index (κ1) is 15.6. The van der Waals surface area contributed by atoms with Crippen molar-refractivity contribution in [3.05, 3.63) is 21.9 Å². The fraction of sp³-hybridized carbons (Fsp3) is 0.500. The van der Waals surface area contributed by atoms with E-state index in [1.807, 2.05) is 6.07 Å². The highest BCUT2D eigenvalue weighted by Gasteiger charge is 2.11. The average Bonchev–Trinajstić information content (AvgIpc) is 2.89. The van der Waals surface area contributed by atoms with E-state index in [-0.39, 0.29) is 5.91 Å². The van der Waals surface area contributed by atoms with Crippen LogP contribution >= 0.6 is 11.3 Å². The van der Waals surface area contributed by atoms with E-state index < -0.39 is 0 Å². The minimum absolute atomic E-state index is 0.281. The summed E-state index contributed by atoms with van der Waals surface area (Å²) in [6, 6.07) is 5.79. The van der Waals surface area contributed by atoms with Gasteiger partial charge in [-0.05, 0) is 12.1 Å². The molecule has 19 heavy (non-hydrogen) atoms. The number of nitrogens with zero attached hydrogens (tertiary/aromatic N) is 2. The Balaban J connectivity index is 2.59. The number of nitriles is 1. The third kappa shape index (κ3) is 5.36. The molecular formula is C12H18N4O2S. The van der Waals surface area contributed by atoms with Crippen LogP contribution in [-0.2, 0) is 11.3 Å². The molecule has 0 aliphatic rings. The fourth-order valence-corrected chi connectivity index (χ4v) is 2.53. The Hall–Kier alpha value is -1.46. The first-order valence-electron chi connectivity index (χ1n) is 5.89. The Morgan fingerprint density at radius 2 is 2.37 bits per heavy atom. The van der Waals surface area contributed by atoms with Crippen molar-refractivity contribution >= 4 is 17.2 Å². The molecule has 0 fully saturated rings. The number of nitrogens with one attached hydrogen (secondary N) is 1. The van der Waals surface area contributed by atoms with Gasteiger partial charge in [0.05, 0.1) is 17.6 Å². The van der Waals surface area contributed by atoms with E-state index in [9.17, 15) is 4.79 Å². The zero-order valence-electron chi connectivity index (χ0n) is 10.9. The zero-order chi connectivity index (χ0) is 14.1. The lowest BCUT2D eigenvalue weighted by Gasteiger charge is -2.19. The van der Waals surface area contributed by atoms with Crippen LogP contribution < -0.4 is 11.3 Å². The van der Waals surface area contributed by atoms with Gasteiger partial charge in [-0.1, -0.05) is 0 Å². The van der Waals surface area contributed by atoms with Crippen LogP contribution in [-0.4, -0.2) is 37.6 Å². The van der Waals surface area contributed by atoms with E-state index in [0.29, 0.717) is 31.0 Å². The Kier molecular flexibility index (Phi) is 7.07.